The highest BCUT2D eigenvalue weighted by Crippen LogP contribution is 2.26. The minimum Gasteiger partial charge on any atom is -0.423 e. The van der Waals surface area contributed by atoms with E-state index in [0.29, 0.717) is 6.01 Å². The van der Waals surface area contributed by atoms with Gasteiger partial charge in [0.2, 0.25) is 5.91 Å². The summed E-state index contributed by atoms with van der Waals surface area (Å²) in [6.45, 7) is 2.34. The fraction of sp³-hybridized carbons (Fsp3) is 0.364. The number of para-hydroxylation sites is 2. The van der Waals surface area contributed by atoms with Gasteiger partial charge in [-0.1, -0.05) is 42.5 Å². The first-order valence-corrected chi connectivity index (χ1v) is 9.72. The van der Waals surface area contributed by atoms with Crippen LogP contribution < -0.4 is 10.2 Å². The number of fused-ring (bicyclic) bond motifs is 1. The fourth-order valence-electron chi connectivity index (χ4n) is 3.62. The van der Waals surface area contributed by atoms with Crippen molar-refractivity contribution < 1.29 is 9.21 Å². The molecule has 1 amide bonds. The predicted octanol–water partition coefficient (Wildman–Crippen LogP) is 3.79. The van der Waals surface area contributed by atoms with Gasteiger partial charge in [-0.15, -0.1) is 0 Å². The molecule has 1 saturated heterocycles. The smallest absolute Gasteiger partial charge is 0.298 e. The topological polar surface area (TPSA) is 58.4 Å². The highest BCUT2D eigenvalue weighted by molar-refractivity contribution is 5.79. The lowest BCUT2D eigenvalue weighted by molar-refractivity contribution is -0.125. The lowest BCUT2D eigenvalue weighted by atomic mass is 9.96. The molecule has 0 unspecified atom stereocenters. The third-order valence-electron chi connectivity index (χ3n) is 5.20. The van der Waals surface area contributed by atoms with Crippen LogP contribution in [0.25, 0.3) is 11.1 Å². The van der Waals surface area contributed by atoms with Crippen LogP contribution in [0.2, 0.25) is 0 Å². The van der Waals surface area contributed by atoms with Crippen molar-refractivity contribution in [3.63, 3.8) is 0 Å². The van der Waals surface area contributed by atoms with Gasteiger partial charge in [-0.05, 0) is 43.4 Å². The molecule has 4 rings (SSSR count). The number of aryl methyl sites for hydroxylation is 1. The van der Waals surface area contributed by atoms with Gasteiger partial charge in [0.1, 0.15) is 5.52 Å². The number of piperidine rings is 1. The first-order valence-electron chi connectivity index (χ1n) is 9.72. The van der Waals surface area contributed by atoms with Crippen LogP contribution in [0.5, 0.6) is 0 Å². The molecule has 2 aromatic carbocycles. The summed E-state index contributed by atoms with van der Waals surface area (Å²) in [6.07, 6.45) is 3.64. The second-order valence-corrected chi connectivity index (χ2v) is 7.11. The van der Waals surface area contributed by atoms with Crippen LogP contribution in [0.4, 0.5) is 6.01 Å². The Morgan fingerprint density at radius 3 is 2.59 bits per heavy atom. The first kappa shape index (κ1) is 17.6. The lowest BCUT2D eigenvalue weighted by Crippen LogP contribution is -2.41. The molecule has 1 N–H and O–H groups in total. The second kappa shape index (κ2) is 8.25. The molecule has 0 radical (unpaired) electrons. The van der Waals surface area contributed by atoms with Gasteiger partial charge in [-0.3, -0.25) is 4.79 Å². The summed E-state index contributed by atoms with van der Waals surface area (Å²) in [5.74, 6) is 0.266. The largest absolute Gasteiger partial charge is 0.423 e. The highest BCUT2D eigenvalue weighted by atomic mass is 16.4. The Morgan fingerprint density at radius 1 is 1.07 bits per heavy atom. The Morgan fingerprint density at radius 2 is 1.81 bits per heavy atom. The Bertz CT molecular complexity index is 850. The number of nitrogens with one attached hydrogen (secondary N) is 1. The van der Waals surface area contributed by atoms with Crippen molar-refractivity contribution in [1.29, 1.82) is 0 Å². The summed E-state index contributed by atoms with van der Waals surface area (Å²) >= 11 is 0. The fourth-order valence-corrected chi connectivity index (χ4v) is 3.62. The maximum Gasteiger partial charge on any atom is 0.298 e. The van der Waals surface area contributed by atoms with E-state index in [4.69, 9.17) is 4.42 Å². The van der Waals surface area contributed by atoms with E-state index in [2.05, 4.69) is 39.5 Å². The van der Waals surface area contributed by atoms with Crippen LogP contribution in [-0.4, -0.2) is 30.5 Å². The summed E-state index contributed by atoms with van der Waals surface area (Å²) in [5.41, 5.74) is 3.01. The van der Waals surface area contributed by atoms with E-state index in [9.17, 15) is 4.79 Å². The number of carbonyl (C=O) groups excluding carboxylic acids is 1. The lowest BCUT2D eigenvalue weighted by Gasteiger charge is -2.30. The van der Waals surface area contributed by atoms with Crippen molar-refractivity contribution in [3.8, 4) is 0 Å². The number of hydrogen-bond acceptors (Lipinski definition) is 4. The quantitative estimate of drug-likeness (QED) is 0.677. The van der Waals surface area contributed by atoms with Crippen LogP contribution in [0, 0.1) is 5.92 Å². The third-order valence-corrected chi connectivity index (χ3v) is 5.20. The number of benzene rings is 2. The standard InChI is InChI=1S/C22H25N3O2/c26-21(23-14-6-9-17-7-2-1-3-8-17)18-12-15-25(16-13-18)22-24-19-10-4-5-11-20(19)27-22/h1-5,7-8,10-11,18H,6,9,12-16H2,(H,23,26). The van der Waals surface area contributed by atoms with Crippen LogP contribution in [0.1, 0.15) is 24.8 Å². The molecule has 0 atom stereocenters. The summed E-state index contributed by atoms with van der Waals surface area (Å²) in [6, 6.07) is 18.9. The molecule has 140 valence electrons. The molecular formula is C22H25N3O2. The Hall–Kier alpha value is -2.82. The van der Waals surface area contributed by atoms with Crippen molar-refractivity contribution in [3.05, 3.63) is 60.2 Å². The molecule has 5 heteroatoms. The van der Waals surface area contributed by atoms with Crippen LogP contribution in [0.3, 0.4) is 0 Å². The zero-order valence-corrected chi connectivity index (χ0v) is 15.4. The number of carbonyl (C=O) groups is 1. The number of nitrogens with zero attached hydrogens (tertiary/aromatic N) is 2. The number of amides is 1. The zero-order chi connectivity index (χ0) is 18.5. The summed E-state index contributed by atoms with van der Waals surface area (Å²) in [4.78, 5) is 19.1. The zero-order valence-electron chi connectivity index (χ0n) is 15.4. The average Bonchev–Trinajstić information content (AvgIpc) is 3.16. The molecule has 3 aromatic rings. The number of rotatable bonds is 6. The van der Waals surface area contributed by atoms with Gasteiger partial charge in [0, 0.05) is 25.6 Å². The maximum absolute atomic E-state index is 12.4. The summed E-state index contributed by atoms with van der Waals surface area (Å²) in [7, 11) is 0. The normalized spacial score (nSPS) is 15.2. The van der Waals surface area contributed by atoms with Gasteiger partial charge in [-0.2, -0.15) is 4.98 Å². The number of oxazole rings is 1. The van der Waals surface area contributed by atoms with Crippen molar-refractivity contribution in [2.45, 2.75) is 25.7 Å². The van der Waals surface area contributed by atoms with Gasteiger partial charge in [-0.25, -0.2) is 0 Å². The first-order chi connectivity index (χ1) is 13.3. The Balaban J connectivity index is 1.22. The molecule has 1 fully saturated rings. The maximum atomic E-state index is 12.4. The van der Waals surface area contributed by atoms with E-state index in [1.54, 1.807) is 0 Å². The van der Waals surface area contributed by atoms with E-state index in [-0.39, 0.29) is 11.8 Å². The molecule has 0 aliphatic carbocycles. The molecular weight excluding hydrogens is 338 g/mol. The third kappa shape index (κ3) is 4.30. The van der Waals surface area contributed by atoms with Gasteiger partial charge >= 0.3 is 0 Å². The Kier molecular flexibility index (Phi) is 5.37. The molecule has 5 nitrogen and oxygen atoms in total. The molecule has 1 aromatic heterocycles. The number of anilines is 1. The van der Waals surface area contributed by atoms with Crippen molar-refractivity contribution >= 4 is 23.0 Å². The van der Waals surface area contributed by atoms with Gasteiger partial charge in [0.15, 0.2) is 5.58 Å². The summed E-state index contributed by atoms with van der Waals surface area (Å²) < 4.78 is 5.84. The molecule has 2 heterocycles. The summed E-state index contributed by atoms with van der Waals surface area (Å²) in [5, 5.41) is 3.10. The van der Waals surface area contributed by atoms with Crippen LogP contribution in [-0.2, 0) is 11.2 Å². The minimum atomic E-state index is 0.0855. The average molecular weight is 363 g/mol. The van der Waals surface area contributed by atoms with Crippen LogP contribution >= 0.6 is 0 Å². The molecule has 0 spiro atoms. The molecule has 1 aliphatic rings. The predicted molar refractivity (Wildman–Crippen MR) is 107 cm³/mol. The van der Waals surface area contributed by atoms with E-state index in [1.807, 2.05) is 30.3 Å². The molecule has 0 bridgehead atoms. The molecule has 0 saturated carbocycles. The van der Waals surface area contributed by atoms with E-state index < -0.39 is 0 Å². The monoisotopic (exact) mass is 363 g/mol. The van der Waals surface area contributed by atoms with Gasteiger partial charge < -0.3 is 14.6 Å². The van der Waals surface area contributed by atoms with Gasteiger partial charge in [0.25, 0.3) is 6.01 Å². The van der Waals surface area contributed by atoms with Gasteiger partial charge in [0.05, 0.1) is 0 Å². The van der Waals surface area contributed by atoms with Crippen molar-refractivity contribution in [1.82, 2.24) is 10.3 Å². The van der Waals surface area contributed by atoms with Crippen molar-refractivity contribution in [2.24, 2.45) is 5.92 Å². The highest BCUT2D eigenvalue weighted by Gasteiger charge is 2.26. The van der Waals surface area contributed by atoms with Crippen molar-refractivity contribution in [2.75, 3.05) is 24.5 Å². The molecule has 27 heavy (non-hydrogen) atoms. The van der Waals surface area contributed by atoms with E-state index in [1.165, 1.54) is 5.56 Å². The number of aromatic nitrogens is 1. The SMILES string of the molecule is O=C(NCCCc1ccccc1)C1CCN(c2nc3ccccc3o2)CC1. The van der Waals surface area contributed by atoms with E-state index in [0.717, 1.165) is 56.4 Å². The number of hydrogen-bond donors (Lipinski definition) is 1. The Labute approximate surface area is 159 Å². The van der Waals surface area contributed by atoms with Crippen LogP contribution in [0.15, 0.2) is 59.0 Å². The minimum absolute atomic E-state index is 0.0855. The second-order valence-electron chi connectivity index (χ2n) is 7.11. The molecule has 1 aliphatic heterocycles. The van der Waals surface area contributed by atoms with E-state index >= 15 is 0 Å².